The summed E-state index contributed by atoms with van der Waals surface area (Å²) in [5.74, 6) is -1.59. The fourth-order valence-electron chi connectivity index (χ4n) is 8.90. The number of rotatable bonds is 7. The molecule has 15 nitrogen and oxygen atoms in total. The zero-order chi connectivity index (χ0) is 38.2. The van der Waals surface area contributed by atoms with Crippen molar-refractivity contribution in [1.29, 1.82) is 0 Å². The number of hydrogen-bond donors (Lipinski definition) is 2. The molecule has 2 aromatic heterocycles. The zero-order valence-corrected chi connectivity index (χ0v) is 34.2. The number of hydrogen-bond acceptors (Lipinski definition) is 14. The third kappa shape index (κ3) is 7.54. The molecule has 6 fully saturated rings. The number of ether oxygens (including phenoxy) is 6. The van der Waals surface area contributed by atoms with Crippen LogP contribution in [0.25, 0.3) is 11.2 Å². The van der Waals surface area contributed by atoms with Crippen LogP contribution in [-0.2, 0) is 42.1 Å². The van der Waals surface area contributed by atoms with Gasteiger partial charge in [0.15, 0.2) is 53.5 Å². The van der Waals surface area contributed by atoms with Crippen molar-refractivity contribution in [2.75, 3.05) is 18.5 Å². The molecular formula is C33H43Cl2N4O11P3. The molecule has 0 radical (unpaired) electrons. The summed E-state index contributed by atoms with van der Waals surface area (Å²) in [5.41, 5.74) is 1.85. The van der Waals surface area contributed by atoms with Crippen molar-refractivity contribution in [2.24, 2.45) is 17.3 Å². The number of aliphatic hydroxyl groups excluding tert-OH is 2. The van der Waals surface area contributed by atoms with Crippen LogP contribution >= 0.6 is 48.6 Å². The Morgan fingerprint density at radius 3 is 2.21 bits per heavy atom. The molecule has 0 aromatic carbocycles. The van der Waals surface area contributed by atoms with Crippen LogP contribution in [0.15, 0.2) is 18.0 Å². The Bertz CT molecular complexity index is 1800. The predicted octanol–water partition coefficient (Wildman–Crippen LogP) is 5.78. The maximum absolute atomic E-state index is 11.1. The Morgan fingerprint density at radius 1 is 0.849 bits per heavy atom. The van der Waals surface area contributed by atoms with E-state index in [-0.39, 0.29) is 95.7 Å². The molecular weight excluding hydrogens is 792 g/mol. The first-order valence-electron chi connectivity index (χ1n) is 17.5. The Kier molecular flexibility index (Phi) is 11.1. The van der Waals surface area contributed by atoms with Gasteiger partial charge in [-0.25, -0.2) is 9.97 Å². The van der Waals surface area contributed by atoms with Gasteiger partial charge in [-0.2, -0.15) is 4.98 Å². The van der Waals surface area contributed by atoms with E-state index in [0.29, 0.717) is 29.6 Å². The van der Waals surface area contributed by atoms with E-state index in [0.717, 1.165) is 18.4 Å². The Balaban J connectivity index is 0.000000130. The molecule has 2 aromatic rings. The molecule has 3 saturated carbocycles. The second-order valence-electron chi connectivity index (χ2n) is 15.9. The minimum Gasteiger partial charge on any atom is -0.390 e. The molecule has 20 heteroatoms. The van der Waals surface area contributed by atoms with E-state index in [4.69, 9.17) is 51.6 Å². The van der Waals surface area contributed by atoms with Gasteiger partial charge in [0.25, 0.3) is 0 Å². The van der Waals surface area contributed by atoms with Gasteiger partial charge in [0, 0.05) is 23.7 Å². The second-order valence-corrected chi connectivity index (χ2v) is 18.4. The van der Waals surface area contributed by atoms with Gasteiger partial charge >= 0.3 is 0 Å². The van der Waals surface area contributed by atoms with Crippen LogP contribution in [0, 0.1) is 17.3 Å². The smallest absolute Gasteiger partial charge is 0.225 e. The lowest BCUT2D eigenvalue weighted by molar-refractivity contribution is -0.166. The van der Waals surface area contributed by atoms with Gasteiger partial charge in [0.2, 0.25) is 5.28 Å². The SMILES string of the molecule is CC1(C)OC2[C@@H](CP=O)C[C@@H](n3cnc4c(Cl)nc(Cl)nc43)[C@H]2O1.CC1(C)O[C@@H]2[C@H](O1)C(CP=O)=C[C@@H]2O.CC1(C)O[C@H]2[C@@H](O)[C@H]3C[C@@]3(CP=O)[C@H]2O1. The summed E-state index contributed by atoms with van der Waals surface area (Å²) in [6, 6.07) is -0.0458. The lowest BCUT2D eigenvalue weighted by Crippen LogP contribution is -2.33. The van der Waals surface area contributed by atoms with Crippen molar-refractivity contribution in [3.63, 3.8) is 0 Å². The van der Waals surface area contributed by atoms with Crippen molar-refractivity contribution in [2.45, 2.75) is 127 Å². The molecule has 9 rings (SSSR count). The second kappa shape index (κ2) is 14.7. The first-order valence-corrected chi connectivity index (χ1v) is 21.2. The molecule has 5 heterocycles. The highest BCUT2D eigenvalue weighted by Gasteiger charge is 2.75. The Morgan fingerprint density at radius 2 is 1.51 bits per heavy atom. The van der Waals surface area contributed by atoms with Gasteiger partial charge in [-0.15, -0.1) is 0 Å². The Labute approximate surface area is 321 Å². The predicted molar refractivity (Wildman–Crippen MR) is 192 cm³/mol. The van der Waals surface area contributed by atoms with Crippen LogP contribution < -0.4 is 0 Å². The molecule has 0 amide bonds. The average molecular weight is 836 g/mol. The fourth-order valence-corrected chi connectivity index (χ4v) is 11.1. The lowest BCUT2D eigenvalue weighted by atomic mass is 10.0. The van der Waals surface area contributed by atoms with Crippen molar-refractivity contribution >= 4 is 59.7 Å². The van der Waals surface area contributed by atoms with Crippen molar-refractivity contribution in [1.82, 2.24) is 19.5 Å². The summed E-state index contributed by atoms with van der Waals surface area (Å²) in [4.78, 5) is 12.5. The largest absolute Gasteiger partial charge is 0.390 e. The highest BCUT2D eigenvalue weighted by atomic mass is 35.5. The summed E-state index contributed by atoms with van der Waals surface area (Å²) < 4.78 is 69.1. The maximum Gasteiger partial charge on any atom is 0.225 e. The summed E-state index contributed by atoms with van der Waals surface area (Å²) >= 11 is 12.1. The van der Waals surface area contributed by atoms with Gasteiger partial charge in [0.1, 0.15) is 36.0 Å². The van der Waals surface area contributed by atoms with Gasteiger partial charge in [-0.3, -0.25) is 13.7 Å². The molecule has 3 aliphatic heterocycles. The van der Waals surface area contributed by atoms with Crippen LogP contribution in [0.2, 0.25) is 10.4 Å². The first kappa shape index (κ1) is 40.1. The molecule has 290 valence electrons. The fraction of sp³-hybridized carbons (Fsp3) is 0.788. The summed E-state index contributed by atoms with van der Waals surface area (Å²) in [6.07, 6.45) is 4.30. The number of halogens is 2. The van der Waals surface area contributed by atoms with Gasteiger partial charge in [-0.1, -0.05) is 17.7 Å². The number of fused-ring (bicyclic) bond motifs is 6. The van der Waals surface area contributed by atoms with Crippen LogP contribution in [0.3, 0.4) is 0 Å². The molecule has 0 spiro atoms. The van der Waals surface area contributed by atoms with Gasteiger partial charge < -0.3 is 43.2 Å². The van der Waals surface area contributed by atoms with Crippen LogP contribution in [0.1, 0.15) is 60.4 Å². The normalized spacial score (nSPS) is 40.6. The topological polar surface area (TPSA) is 191 Å². The van der Waals surface area contributed by atoms with Gasteiger partial charge in [0.05, 0.1) is 36.8 Å². The van der Waals surface area contributed by atoms with E-state index in [9.17, 15) is 23.9 Å². The van der Waals surface area contributed by atoms with Crippen molar-refractivity contribution in [3.8, 4) is 0 Å². The number of aliphatic hydroxyl groups is 2. The van der Waals surface area contributed by atoms with E-state index < -0.39 is 29.6 Å². The highest BCUT2D eigenvalue weighted by Crippen LogP contribution is 2.68. The molecule has 0 bridgehead atoms. The van der Waals surface area contributed by atoms with Crippen LogP contribution in [0.4, 0.5) is 0 Å². The number of aromatic nitrogens is 4. The quantitative estimate of drug-likeness (QED) is 0.148. The third-order valence-electron chi connectivity index (χ3n) is 11.0. The summed E-state index contributed by atoms with van der Waals surface area (Å²) in [6.45, 7) is 11.1. The minimum absolute atomic E-state index is 0.0450. The van der Waals surface area contributed by atoms with Crippen molar-refractivity contribution < 1.29 is 52.3 Å². The van der Waals surface area contributed by atoms with E-state index in [1.165, 1.54) is 0 Å². The number of imidazole rings is 1. The monoisotopic (exact) mass is 834 g/mol. The summed E-state index contributed by atoms with van der Waals surface area (Å²) in [5, 5.41) is 20.0. The van der Waals surface area contributed by atoms with E-state index in [1.807, 2.05) is 46.1 Å². The molecule has 7 aliphatic rings. The zero-order valence-electron chi connectivity index (χ0n) is 30.0. The maximum atomic E-state index is 11.1. The first-order chi connectivity index (χ1) is 24.9. The Hall–Kier alpha value is -1.15. The molecule has 53 heavy (non-hydrogen) atoms. The minimum atomic E-state index is -0.674. The third-order valence-corrected chi connectivity index (χ3v) is 13.3. The van der Waals surface area contributed by atoms with Gasteiger partial charge in [-0.05, 0) is 77.5 Å². The molecule has 4 aliphatic carbocycles. The lowest BCUT2D eigenvalue weighted by Gasteiger charge is -2.23. The van der Waals surface area contributed by atoms with E-state index in [1.54, 1.807) is 12.4 Å². The van der Waals surface area contributed by atoms with E-state index in [2.05, 4.69) is 15.0 Å². The standard InChI is InChI=1S/C14H15Cl2N4O3P.C10H15O4P.C9H13O4P/c1-14(2)22-9-6(4-24-21)3-7(10(9)23-14)20-5-17-8-11(15)18-13(16)19-12(8)20;1-9(2)13-7-6(11)5-3-10(5,4-15-12)8(7)14-9;1-9(2)12-7-5(4-14-11)3-6(10)8(7)13-9/h5-7,9-10H,3-4H2,1-2H3;5-8,11H,3-4H2,1-2H3;3,6-8,10H,4H2,1-2H3/t6-,7-,9?,10-;5-,6+,7+,8+,10+;6-,7+,8-/m110/s1. The molecule has 1 unspecified atom stereocenters. The summed E-state index contributed by atoms with van der Waals surface area (Å²) in [7, 11) is 0.291. The van der Waals surface area contributed by atoms with Crippen molar-refractivity contribution in [3.05, 3.63) is 28.4 Å². The van der Waals surface area contributed by atoms with Crippen LogP contribution in [-0.4, -0.2) is 114 Å². The molecule has 2 N–H and O–H groups in total. The molecule has 12 atom stereocenters. The number of nitrogens with zero attached hydrogens (tertiary/aromatic N) is 4. The average Bonchev–Trinajstić information content (AvgIpc) is 3.64. The van der Waals surface area contributed by atoms with Crippen LogP contribution in [0.5, 0.6) is 0 Å². The molecule has 3 saturated heterocycles. The highest BCUT2D eigenvalue weighted by molar-refractivity contribution is 7.24. The van der Waals surface area contributed by atoms with E-state index >= 15 is 0 Å².